The van der Waals surface area contributed by atoms with Gasteiger partial charge in [0, 0.05) is 13.2 Å². The number of hydrogen-bond acceptors (Lipinski definition) is 4. The van der Waals surface area contributed by atoms with Gasteiger partial charge in [0.15, 0.2) is 0 Å². The van der Waals surface area contributed by atoms with Crippen LogP contribution in [0.4, 0.5) is 0 Å². The van der Waals surface area contributed by atoms with Crippen molar-refractivity contribution in [2.24, 2.45) is 4.40 Å². The molecule has 0 saturated carbocycles. The summed E-state index contributed by atoms with van der Waals surface area (Å²) in [5.41, 5.74) is 3.25. The number of rotatable bonds is 6. The molecule has 2 aromatic carbocycles. The smallest absolute Gasteiger partial charge is 0.285 e. The highest BCUT2D eigenvalue weighted by molar-refractivity contribution is 7.90. The highest BCUT2D eigenvalue weighted by Crippen LogP contribution is 2.24. The number of nitrogens with zero attached hydrogens (tertiary/aromatic N) is 2. The van der Waals surface area contributed by atoms with Crippen molar-refractivity contribution in [3.8, 4) is 0 Å². The minimum absolute atomic E-state index is 0.196. The summed E-state index contributed by atoms with van der Waals surface area (Å²) in [5, 5.41) is 0. The summed E-state index contributed by atoms with van der Waals surface area (Å²) >= 11 is 1.40. The molecule has 0 aliphatic rings. The number of sulfonamides is 1. The molecule has 0 radical (unpaired) electrons. The predicted molar refractivity (Wildman–Crippen MR) is 105 cm³/mol. The Hall–Kier alpha value is -1.96. The number of hydrogen-bond donors (Lipinski definition) is 0. The second kappa shape index (κ2) is 7.73. The summed E-state index contributed by atoms with van der Waals surface area (Å²) < 4.78 is 38.0. The average molecular weight is 391 g/mol. The van der Waals surface area contributed by atoms with E-state index >= 15 is 0 Å². The van der Waals surface area contributed by atoms with Gasteiger partial charge in [0.2, 0.25) is 4.80 Å². The molecule has 0 aliphatic carbocycles. The van der Waals surface area contributed by atoms with Gasteiger partial charge < -0.3 is 9.30 Å². The lowest BCUT2D eigenvalue weighted by molar-refractivity contribution is 0.139. The molecule has 0 spiro atoms. The van der Waals surface area contributed by atoms with Gasteiger partial charge in [-0.05, 0) is 50.1 Å². The van der Waals surface area contributed by atoms with Crippen LogP contribution >= 0.6 is 11.3 Å². The van der Waals surface area contributed by atoms with Crippen LogP contribution in [-0.4, -0.2) is 26.2 Å². The summed E-state index contributed by atoms with van der Waals surface area (Å²) in [6, 6.07) is 12.5. The van der Waals surface area contributed by atoms with E-state index in [0.29, 0.717) is 24.6 Å². The van der Waals surface area contributed by atoms with E-state index in [9.17, 15) is 8.42 Å². The van der Waals surface area contributed by atoms with E-state index in [2.05, 4.69) is 16.5 Å². The van der Waals surface area contributed by atoms with Gasteiger partial charge in [-0.2, -0.15) is 8.42 Å². The Labute approximate surface area is 157 Å². The normalized spacial score (nSPS) is 12.8. The zero-order valence-corrected chi connectivity index (χ0v) is 16.7. The van der Waals surface area contributed by atoms with Gasteiger partial charge in [0.25, 0.3) is 10.0 Å². The van der Waals surface area contributed by atoms with Crippen molar-refractivity contribution >= 4 is 31.6 Å². The second-order valence-corrected chi connectivity index (χ2v) is 8.62. The maximum absolute atomic E-state index is 12.7. The molecule has 5 nitrogen and oxygen atoms in total. The molecule has 0 unspecified atom stereocenters. The maximum atomic E-state index is 12.7. The highest BCUT2D eigenvalue weighted by atomic mass is 32.2. The fraction of sp³-hybridized carbons (Fsp3) is 0.316. The zero-order chi connectivity index (χ0) is 18.7. The van der Waals surface area contributed by atoms with Crippen molar-refractivity contribution < 1.29 is 13.2 Å². The van der Waals surface area contributed by atoms with Crippen molar-refractivity contribution in [3.63, 3.8) is 0 Å². The van der Waals surface area contributed by atoms with Crippen LogP contribution in [-0.2, 0) is 21.3 Å². The Morgan fingerprint density at radius 2 is 1.88 bits per heavy atom. The van der Waals surface area contributed by atoms with E-state index in [0.717, 1.165) is 21.3 Å². The lowest BCUT2D eigenvalue weighted by atomic mass is 10.1. The molecular weight excluding hydrogens is 368 g/mol. The lowest BCUT2D eigenvalue weighted by Gasteiger charge is -2.07. The largest absolute Gasteiger partial charge is 0.380 e. The molecular formula is C19H22N2O3S2. The minimum Gasteiger partial charge on any atom is -0.380 e. The molecule has 0 bridgehead atoms. The Morgan fingerprint density at radius 1 is 1.15 bits per heavy atom. The molecule has 3 rings (SSSR count). The third-order valence-electron chi connectivity index (χ3n) is 4.02. The Kier molecular flexibility index (Phi) is 5.60. The summed E-state index contributed by atoms with van der Waals surface area (Å²) in [6.07, 6.45) is 0. The minimum atomic E-state index is -3.76. The van der Waals surface area contributed by atoms with Gasteiger partial charge in [-0.15, -0.1) is 4.40 Å². The topological polar surface area (TPSA) is 60.7 Å². The van der Waals surface area contributed by atoms with Crippen LogP contribution in [0.15, 0.2) is 51.8 Å². The van der Waals surface area contributed by atoms with E-state index in [-0.39, 0.29) is 4.90 Å². The number of fused-ring (bicyclic) bond motifs is 1. The van der Waals surface area contributed by atoms with Crippen LogP contribution in [0.5, 0.6) is 0 Å². The summed E-state index contributed by atoms with van der Waals surface area (Å²) in [6.45, 7) is 7.70. The van der Waals surface area contributed by atoms with Crippen LogP contribution in [0.25, 0.3) is 10.2 Å². The van der Waals surface area contributed by atoms with E-state index in [1.165, 1.54) is 11.3 Å². The molecule has 0 amide bonds. The highest BCUT2D eigenvalue weighted by Gasteiger charge is 2.15. The SMILES string of the molecule is CCOCCn1c(=NS(=O)(=O)c2ccccc2)sc2c(C)cc(C)cc21. The van der Waals surface area contributed by atoms with Crippen molar-refractivity contribution in [2.75, 3.05) is 13.2 Å². The van der Waals surface area contributed by atoms with Crippen LogP contribution in [0, 0.1) is 13.8 Å². The molecule has 7 heteroatoms. The number of thiazole rings is 1. The first-order valence-corrected chi connectivity index (χ1v) is 10.7. The van der Waals surface area contributed by atoms with Crippen molar-refractivity contribution in [3.05, 3.63) is 58.4 Å². The Balaban J connectivity index is 2.21. The average Bonchev–Trinajstić information content (AvgIpc) is 2.93. The monoisotopic (exact) mass is 390 g/mol. The third kappa shape index (κ3) is 3.90. The summed E-state index contributed by atoms with van der Waals surface area (Å²) in [4.78, 5) is 0.666. The van der Waals surface area contributed by atoms with Gasteiger partial charge in [-0.3, -0.25) is 0 Å². The molecule has 0 atom stereocenters. The van der Waals surface area contributed by atoms with Crippen LogP contribution in [0.3, 0.4) is 0 Å². The Bertz CT molecular complexity index is 1080. The zero-order valence-electron chi connectivity index (χ0n) is 15.1. The summed E-state index contributed by atoms with van der Waals surface area (Å²) in [5.74, 6) is 0. The standard InChI is InChI=1S/C19H22N2O3S2/c1-4-24-11-10-21-17-13-14(2)12-15(3)18(17)25-19(21)20-26(22,23)16-8-6-5-7-9-16/h5-9,12-13H,4,10-11H2,1-3H3. The molecule has 26 heavy (non-hydrogen) atoms. The van der Waals surface area contributed by atoms with Gasteiger partial charge >= 0.3 is 0 Å². The first-order chi connectivity index (χ1) is 12.4. The Morgan fingerprint density at radius 3 is 2.58 bits per heavy atom. The van der Waals surface area contributed by atoms with Crippen LogP contribution in [0.2, 0.25) is 0 Å². The van der Waals surface area contributed by atoms with Crippen LogP contribution in [0.1, 0.15) is 18.1 Å². The fourth-order valence-electron chi connectivity index (χ4n) is 2.85. The molecule has 0 N–H and O–H groups in total. The first kappa shape index (κ1) is 18.8. The fourth-order valence-corrected chi connectivity index (χ4v) is 5.18. The van der Waals surface area contributed by atoms with E-state index in [1.807, 2.05) is 25.3 Å². The van der Waals surface area contributed by atoms with Gasteiger partial charge in [0.1, 0.15) is 0 Å². The predicted octanol–water partition coefficient (Wildman–Crippen LogP) is 3.65. The van der Waals surface area contributed by atoms with Crippen molar-refractivity contribution in [1.29, 1.82) is 0 Å². The van der Waals surface area contributed by atoms with E-state index < -0.39 is 10.0 Å². The molecule has 1 heterocycles. The summed E-state index contributed by atoms with van der Waals surface area (Å²) in [7, 11) is -3.76. The third-order valence-corrected chi connectivity index (χ3v) is 6.64. The number of aryl methyl sites for hydroxylation is 2. The molecule has 0 saturated heterocycles. The van der Waals surface area contributed by atoms with Gasteiger partial charge in [0.05, 0.1) is 21.7 Å². The maximum Gasteiger partial charge on any atom is 0.285 e. The molecule has 3 aromatic rings. The van der Waals surface area contributed by atoms with Crippen molar-refractivity contribution in [1.82, 2.24) is 4.57 Å². The van der Waals surface area contributed by atoms with Crippen molar-refractivity contribution in [2.45, 2.75) is 32.2 Å². The van der Waals surface area contributed by atoms with E-state index in [1.54, 1.807) is 30.3 Å². The molecule has 1 aromatic heterocycles. The van der Waals surface area contributed by atoms with Gasteiger partial charge in [-0.1, -0.05) is 35.6 Å². The molecule has 0 fully saturated rings. The first-order valence-electron chi connectivity index (χ1n) is 8.47. The number of benzene rings is 2. The molecule has 0 aliphatic heterocycles. The quantitative estimate of drug-likeness (QED) is 0.604. The van der Waals surface area contributed by atoms with Crippen LogP contribution < -0.4 is 4.80 Å². The van der Waals surface area contributed by atoms with Gasteiger partial charge in [-0.25, -0.2) is 0 Å². The van der Waals surface area contributed by atoms with E-state index in [4.69, 9.17) is 4.74 Å². The lowest BCUT2D eigenvalue weighted by Crippen LogP contribution is -2.20. The number of aromatic nitrogens is 1. The number of ether oxygens (including phenoxy) is 1. The second-order valence-electron chi connectivity index (χ2n) is 6.04. The molecule has 138 valence electrons.